The van der Waals surface area contributed by atoms with E-state index in [0.717, 1.165) is 25.0 Å². The first kappa shape index (κ1) is 22.5. The molecule has 0 aliphatic heterocycles. The van der Waals surface area contributed by atoms with E-state index in [4.69, 9.17) is 4.74 Å². The Balaban J connectivity index is 2.51. The highest BCUT2D eigenvalue weighted by Gasteiger charge is 2.40. The lowest BCUT2D eigenvalue weighted by atomic mass is 9.99. The number of para-hydroxylation sites is 1. The van der Waals surface area contributed by atoms with Crippen molar-refractivity contribution in [1.82, 2.24) is 9.78 Å². The maximum atomic E-state index is 15.0. The molecule has 0 bridgehead atoms. The predicted octanol–water partition coefficient (Wildman–Crippen LogP) is 5.03. The van der Waals surface area contributed by atoms with Gasteiger partial charge in [0.2, 0.25) is 0 Å². The molecule has 162 valence electrons. The summed E-state index contributed by atoms with van der Waals surface area (Å²) in [5.41, 5.74) is -4.07. The zero-order chi connectivity index (χ0) is 22.9. The van der Waals surface area contributed by atoms with Gasteiger partial charge in [0, 0.05) is 0 Å². The van der Waals surface area contributed by atoms with Gasteiger partial charge in [-0.3, -0.25) is 0 Å². The summed E-state index contributed by atoms with van der Waals surface area (Å²) in [5.74, 6) is -3.58. The first-order valence-corrected chi connectivity index (χ1v) is 9.31. The molecule has 0 N–H and O–H groups in total. The molecule has 1 heterocycles. The van der Waals surface area contributed by atoms with Gasteiger partial charge < -0.3 is 9.47 Å². The Morgan fingerprint density at radius 1 is 1.00 bits per heavy atom. The predicted molar refractivity (Wildman–Crippen MR) is 104 cm³/mol. The van der Waals surface area contributed by atoms with Gasteiger partial charge in [0.05, 0.1) is 35.5 Å². The van der Waals surface area contributed by atoms with Crippen LogP contribution in [0.25, 0.3) is 16.9 Å². The van der Waals surface area contributed by atoms with Gasteiger partial charge in [0.15, 0.2) is 5.69 Å². The summed E-state index contributed by atoms with van der Waals surface area (Å²) >= 11 is 2.85. The van der Waals surface area contributed by atoms with Gasteiger partial charge in [-0.1, -0.05) is 18.2 Å². The molecule has 0 aliphatic rings. The molecule has 0 spiro atoms. The summed E-state index contributed by atoms with van der Waals surface area (Å²) in [4.78, 5) is 25.1. The number of nitrogens with zero attached hydrogens (tertiary/aromatic N) is 2. The van der Waals surface area contributed by atoms with Crippen LogP contribution in [0.2, 0.25) is 0 Å². The molecule has 2 aromatic carbocycles. The van der Waals surface area contributed by atoms with Crippen molar-refractivity contribution < 1.29 is 36.6 Å². The molecule has 0 saturated carbocycles. The molecule has 31 heavy (non-hydrogen) atoms. The Morgan fingerprint density at radius 3 is 2.16 bits per heavy atom. The van der Waals surface area contributed by atoms with E-state index in [0.29, 0.717) is 6.07 Å². The lowest BCUT2D eigenvalue weighted by Gasteiger charge is -2.14. The number of aromatic nitrogens is 2. The van der Waals surface area contributed by atoms with Crippen LogP contribution in [0.1, 0.15) is 26.4 Å². The molecule has 0 aliphatic carbocycles. The Kier molecular flexibility index (Phi) is 6.16. The van der Waals surface area contributed by atoms with Crippen LogP contribution in [0.3, 0.4) is 0 Å². The second-order valence-corrected chi connectivity index (χ2v) is 6.94. The average Bonchev–Trinajstić information content (AvgIpc) is 3.14. The van der Waals surface area contributed by atoms with Crippen molar-refractivity contribution in [2.24, 2.45) is 0 Å². The number of halogens is 5. The second kappa shape index (κ2) is 8.50. The molecule has 0 unspecified atom stereocenters. The zero-order valence-corrected chi connectivity index (χ0v) is 17.5. The summed E-state index contributed by atoms with van der Waals surface area (Å²) in [5, 5.41) is 4.02. The van der Waals surface area contributed by atoms with Crippen molar-refractivity contribution in [2.75, 3.05) is 14.2 Å². The van der Waals surface area contributed by atoms with Crippen molar-refractivity contribution in [3.05, 3.63) is 69.6 Å². The summed E-state index contributed by atoms with van der Waals surface area (Å²) in [6, 6.07) is 9.33. The smallest absolute Gasteiger partial charge is 0.417 e. The fourth-order valence-electron chi connectivity index (χ4n) is 2.95. The van der Waals surface area contributed by atoms with Gasteiger partial charge in [0.1, 0.15) is 17.1 Å². The van der Waals surface area contributed by atoms with Gasteiger partial charge in [-0.15, -0.1) is 0 Å². The Labute approximate surface area is 181 Å². The van der Waals surface area contributed by atoms with E-state index in [1.165, 1.54) is 12.1 Å². The molecule has 3 aromatic rings. The number of carbonyl (C=O) groups excluding carboxylic acids is 2. The van der Waals surface area contributed by atoms with Crippen LogP contribution in [-0.4, -0.2) is 35.9 Å². The second-order valence-electron chi connectivity index (χ2n) is 6.08. The molecule has 0 fully saturated rings. The van der Waals surface area contributed by atoms with E-state index in [1.807, 2.05) is 0 Å². The summed E-state index contributed by atoms with van der Waals surface area (Å²) in [6.07, 6.45) is -4.98. The quantitative estimate of drug-likeness (QED) is 0.371. The summed E-state index contributed by atoms with van der Waals surface area (Å²) in [7, 11) is 1.99. The van der Waals surface area contributed by atoms with Crippen LogP contribution in [-0.2, 0) is 15.7 Å². The number of carbonyl (C=O) groups is 2. The van der Waals surface area contributed by atoms with Crippen LogP contribution in [0.4, 0.5) is 17.6 Å². The fourth-order valence-corrected chi connectivity index (χ4v) is 3.28. The van der Waals surface area contributed by atoms with Gasteiger partial charge in [-0.25, -0.2) is 18.7 Å². The minimum absolute atomic E-state index is 0.225. The molecule has 0 saturated heterocycles. The summed E-state index contributed by atoms with van der Waals surface area (Å²) < 4.78 is 66.0. The van der Waals surface area contributed by atoms with E-state index < -0.39 is 52.0 Å². The molecule has 1 aromatic heterocycles. The monoisotopic (exact) mass is 500 g/mol. The molecule has 0 atom stereocenters. The zero-order valence-electron chi connectivity index (χ0n) is 16.0. The normalized spacial score (nSPS) is 11.3. The number of esters is 2. The van der Waals surface area contributed by atoms with Crippen LogP contribution >= 0.6 is 15.9 Å². The molecule has 0 radical (unpaired) electrons. The van der Waals surface area contributed by atoms with Crippen molar-refractivity contribution in [3.8, 4) is 16.9 Å². The molecule has 3 rings (SSSR count). The Bertz CT molecular complexity index is 1160. The first-order valence-electron chi connectivity index (χ1n) is 8.52. The van der Waals surface area contributed by atoms with Crippen molar-refractivity contribution in [2.45, 2.75) is 6.18 Å². The fraction of sp³-hybridized carbons (Fsp3) is 0.150. The lowest BCUT2D eigenvalue weighted by molar-refractivity contribution is -0.137. The van der Waals surface area contributed by atoms with Crippen LogP contribution in [0.5, 0.6) is 0 Å². The number of hydrogen-bond acceptors (Lipinski definition) is 5. The van der Waals surface area contributed by atoms with Crippen molar-refractivity contribution in [1.29, 1.82) is 0 Å². The van der Waals surface area contributed by atoms with Gasteiger partial charge in [-0.05, 0) is 40.2 Å². The molecule has 6 nitrogen and oxygen atoms in total. The van der Waals surface area contributed by atoms with Crippen molar-refractivity contribution in [3.63, 3.8) is 0 Å². The number of rotatable bonds is 4. The third-order valence-corrected chi connectivity index (χ3v) is 4.90. The molecule has 0 amide bonds. The number of hydrogen-bond donors (Lipinski definition) is 0. The van der Waals surface area contributed by atoms with Crippen LogP contribution < -0.4 is 0 Å². The van der Waals surface area contributed by atoms with E-state index >= 15 is 0 Å². The minimum atomic E-state index is -4.98. The lowest BCUT2D eigenvalue weighted by Crippen LogP contribution is -2.16. The number of benzene rings is 2. The van der Waals surface area contributed by atoms with Crippen LogP contribution in [0.15, 0.2) is 46.9 Å². The third kappa shape index (κ3) is 4.05. The first-order chi connectivity index (χ1) is 14.6. The highest BCUT2D eigenvalue weighted by Crippen LogP contribution is 2.42. The van der Waals surface area contributed by atoms with Gasteiger partial charge in [-0.2, -0.15) is 18.3 Å². The molecule has 11 heteroatoms. The topological polar surface area (TPSA) is 70.4 Å². The summed E-state index contributed by atoms with van der Waals surface area (Å²) in [6.45, 7) is 0. The van der Waals surface area contributed by atoms with Gasteiger partial charge >= 0.3 is 18.1 Å². The van der Waals surface area contributed by atoms with E-state index in [2.05, 4.69) is 25.8 Å². The number of ether oxygens (including phenoxy) is 2. The van der Waals surface area contributed by atoms with Crippen molar-refractivity contribution >= 4 is 27.9 Å². The molecular weight excluding hydrogens is 488 g/mol. The minimum Gasteiger partial charge on any atom is -0.465 e. The van der Waals surface area contributed by atoms with Crippen LogP contribution in [0, 0.1) is 5.82 Å². The number of alkyl halides is 3. The highest BCUT2D eigenvalue weighted by molar-refractivity contribution is 9.10. The van der Waals surface area contributed by atoms with E-state index in [-0.39, 0.29) is 10.2 Å². The van der Waals surface area contributed by atoms with E-state index in [1.54, 1.807) is 18.2 Å². The maximum Gasteiger partial charge on any atom is 0.417 e. The molecular formula is C20H13BrF4N2O4. The SMILES string of the molecule is COC(=O)c1c(-c2c(C(F)(F)F)ccc(Br)c2F)nn(-c2ccccc2)c1C(=O)OC. The Hall–Kier alpha value is -3.21. The highest BCUT2D eigenvalue weighted by atomic mass is 79.9. The third-order valence-electron chi connectivity index (χ3n) is 4.29. The number of methoxy groups -OCH3 is 2. The maximum absolute atomic E-state index is 15.0. The van der Waals surface area contributed by atoms with E-state index in [9.17, 15) is 27.2 Å². The Morgan fingerprint density at radius 2 is 1.61 bits per heavy atom. The average molecular weight is 501 g/mol. The largest absolute Gasteiger partial charge is 0.465 e. The van der Waals surface area contributed by atoms with Gasteiger partial charge in [0.25, 0.3) is 0 Å². The standard InChI is InChI=1S/C20H13BrF4N2O4/c1-30-18(28)14-16(13-11(20(23,24)25)8-9-12(21)15(13)22)26-27(17(14)19(29)31-2)10-6-4-3-5-7-10/h3-9H,1-2H3.